The van der Waals surface area contributed by atoms with Crippen LogP contribution in [0, 0.1) is 11.8 Å². The van der Waals surface area contributed by atoms with Crippen LogP contribution in [0.4, 0.5) is 0 Å². The molecule has 1 unspecified atom stereocenters. The first-order chi connectivity index (χ1) is 16.3. The van der Waals surface area contributed by atoms with E-state index in [4.69, 9.17) is 9.84 Å². The van der Waals surface area contributed by atoms with Crippen LogP contribution in [0.15, 0.2) is 71.0 Å². The van der Waals surface area contributed by atoms with Gasteiger partial charge in [0.05, 0.1) is 25.5 Å². The third-order valence-electron chi connectivity index (χ3n) is 6.16. The van der Waals surface area contributed by atoms with Crippen molar-refractivity contribution in [2.24, 2.45) is 10.1 Å². The molecule has 0 saturated carbocycles. The van der Waals surface area contributed by atoms with Crippen LogP contribution in [-0.2, 0) is 11.3 Å². The number of allylic oxidation sites excluding steroid dienone is 1. The average molecular weight is 437 g/mol. The number of fused-ring (bicyclic) bond motifs is 2. The second-order valence-electron chi connectivity index (χ2n) is 8.33. The summed E-state index contributed by atoms with van der Waals surface area (Å²) in [6, 6.07) is 12.6. The van der Waals surface area contributed by atoms with Gasteiger partial charge in [0, 0.05) is 48.5 Å². The van der Waals surface area contributed by atoms with Crippen molar-refractivity contribution in [1.29, 1.82) is 0 Å². The summed E-state index contributed by atoms with van der Waals surface area (Å²) in [5, 5.41) is 7.87. The first kappa shape index (κ1) is 19.9. The lowest BCUT2D eigenvalue weighted by molar-refractivity contribution is 0.0342. The van der Waals surface area contributed by atoms with E-state index in [0.29, 0.717) is 6.54 Å². The number of ether oxygens (including phenoxy) is 1. The van der Waals surface area contributed by atoms with Gasteiger partial charge in [-0.05, 0) is 29.8 Å². The lowest BCUT2D eigenvalue weighted by Gasteiger charge is -2.26. The molecule has 164 valence electrons. The number of morpholine rings is 1. The van der Waals surface area contributed by atoms with Crippen molar-refractivity contribution >= 4 is 22.6 Å². The lowest BCUT2D eigenvalue weighted by Crippen LogP contribution is -2.35. The van der Waals surface area contributed by atoms with E-state index in [1.807, 2.05) is 35.5 Å². The first-order valence-corrected chi connectivity index (χ1v) is 11.3. The molecule has 1 N–H and O–H groups in total. The first-order valence-electron chi connectivity index (χ1n) is 11.3. The molecule has 33 heavy (non-hydrogen) atoms. The van der Waals surface area contributed by atoms with Crippen LogP contribution in [0.25, 0.3) is 11.0 Å². The zero-order valence-corrected chi connectivity index (χ0v) is 18.2. The third kappa shape index (κ3) is 4.07. The molecule has 6 rings (SSSR count). The Balaban J connectivity index is 1.20. The van der Waals surface area contributed by atoms with E-state index in [1.165, 1.54) is 5.56 Å². The van der Waals surface area contributed by atoms with E-state index in [9.17, 15) is 0 Å². The Hall–Kier alpha value is -3.73. The summed E-state index contributed by atoms with van der Waals surface area (Å²) in [6.07, 6.45) is 7.73. The zero-order valence-electron chi connectivity index (χ0n) is 18.2. The van der Waals surface area contributed by atoms with Crippen molar-refractivity contribution < 1.29 is 4.74 Å². The van der Waals surface area contributed by atoms with Crippen LogP contribution in [0.1, 0.15) is 16.7 Å². The number of benzene rings is 1. The van der Waals surface area contributed by atoms with Crippen molar-refractivity contribution in [2.75, 3.05) is 32.8 Å². The van der Waals surface area contributed by atoms with Gasteiger partial charge in [0.15, 0.2) is 0 Å². The highest BCUT2D eigenvalue weighted by atomic mass is 16.5. The largest absolute Gasteiger partial charge is 0.379 e. The predicted octanol–water partition coefficient (Wildman–Crippen LogP) is 2.80. The summed E-state index contributed by atoms with van der Waals surface area (Å²) in [4.78, 5) is 14.5. The summed E-state index contributed by atoms with van der Waals surface area (Å²) >= 11 is 0. The molecular formula is C26H24N6O. The summed E-state index contributed by atoms with van der Waals surface area (Å²) < 4.78 is 5.44. The normalized spacial score (nSPS) is 20.2. The van der Waals surface area contributed by atoms with E-state index >= 15 is 0 Å². The highest BCUT2D eigenvalue weighted by Gasteiger charge is 2.27. The Labute approximate surface area is 192 Å². The number of nitrogens with one attached hydrogen (secondary N) is 1. The number of amidine groups is 1. The number of rotatable bonds is 3. The van der Waals surface area contributed by atoms with Crippen molar-refractivity contribution in [2.45, 2.75) is 12.6 Å². The van der Waals surface area contributed by atoms with E-state index in [1.54, 1.807) is 6.20 Å². The fourth-order valence-corrected chi connectivity index (χ4v) is 4.33. The molecule has 1 saturated heterocycles. The number of hydrogen-bond donors (Lipinski definition) is 1. The molecule has 0 amide bonds. The van der Waals surface area contributed by atoms with Crippen LogP contribution in [-0.4, -0.2) is 70.3 Å². The number of hydrazone groups is 1. The monoisotopic (exact) mass is 436 g/mol. The van der Waals surface area contributed by atoms with Crippen molar-refractivity contribution in [3.05, 3.63) is 77.6 Å². The molecule has 0 radical (unpaired) electrons. The fraction of sp³-hybridized carbons (Fsp3) is 0.269. The van der Waals surface area contributed by atoms with Crippen molar-refractivity contribution in [1.82, 2.24) is 19.9 Å². The lowest BCUT2D eigenvalue weighted by atomic mass is 10.1. The second kappa shape index (κ2) is 8.66. The minimum absolute atomic E-state index is 0.0808. The quantitative estimate of drug-likeness (QED) is 0.641. The molecule has 3 aliphatic rings. The van der Waals surface area contributed by atoms with Crippen LogP contribution in [0.2, 0.25) is 0 Å². The zero-order chi connectivity index (χ0) is 22.0. The van der Waals surface area contributed by atoms with E-state index in [0.717, 1.165) is 66.6 Å². The minimum atomic E-state index is -0.0808. The molecule has 0 bridgehead atoms. The Morgan fingerprint density at radius 2 is 1.94 bits per heavy atom. The maximum absolute atomic E-state index is 5.44. The number of aromatic nitrogens is 2. The summed E-state index contributed by atoms with van der Waals surface area (Å²) in [5.41, 5.74) is 5.14. The standard InChI is InChI=1S/C26H24N6O/c1-3-21(4-2-19(1)18-31-13-15-33-16-14-31)24-7-8-25-29-17-22(32(25)30-24)6-5-20-9-11-27-26-23(20)10-12-28-26/h1-4,7-12,22H,13-18H2,(H,27,28). The summed E-state index contributed by atoms with van der Waals surface area (Å²) in [6.45, 7) is 5.19. The Morgan fingerprint density at radius 3 is 2.82 bits per heavy atom. The molecule has 7 nitrogen and oxygen atoms in total. The maximum Gasteiger partial charge on any atom is 0.145 e. The van der Waals surface area contributed by atoms with E-state index in [2.05, 4.69) is 56.0 Å². The Bertz CT molecular complexity index is 1320. The summed E-state index contributed by atoms with van der Waals surface area (Å²) in [7, 11) is 0. The highest BCUT2D eigenvalue weighted by molar-refractivity contribution is 6.14. The second-order valence-corrected chi connectivity index (χ2v) is 8.33. The van der Waals surface area contributed by atoms with Crippen molar-refractivity contribution in [3.63, 3.8) is 0 Å². The molecule has 1 fully saturated rings. The SMILES string of the molecule is C(#CC1CN=C2C=CC(c3ccc(CN4CCOCC4)cc3)=NN21)c1ccnc2[nH]ccc12. The molecule has 2 aromatic heterocycles. The van der Waals surface area contributed by atoms with Gasteiger partial charge in [-0.2, -0.15) is 5.10 Å². The maximum atomic E-state index is 5.44. The molecule has 3 aromatic rings. The van der Waals surface area contributed by atoms with Gasteiger partial charge in [0.2, 0.25) is 0 Å². The number of pyridine rings is 1. The van der Waals surface area contributed by atoms with E-state index < -0.39 is 0 Å². The van der Waals surface area contributed by atoms with Crippen LogP contribution in [0.3, 0.4) is 0 Å². The average Bonchev–Trinajstić information content (AvgIpc) is 3.51. The molecule has 7 heteroatoms. The number of aromatic amines is 1. The molecule has 3 aliphatic heterocycles. The van der Waals surface area contributed by atoms with Crippen LogP contribution in [0.5, 0.6) is 0 Å². The topological polar surface area (TPSA) is 69.1 Å². The van der Waals surface area contributed by atoms with Crippen LogP contribution < -0.4 is 0 Å². The smallest absolute Gasteiger partial charge is 0.145 e. The molecule has 1 atom stereocenters. The van der Waals surface area contributed by atoms with Gasteiger partial charge in [-0.25, -0.2) is 9.99 Å². The summed E-state index contributed by atoms with van der Waals surface area (Å²) in [5.74, 6) is 7.55. The predicted molar refractivity (Wildman–Crippen MR) is 129 cm³/mol. The van der Waals surface area contributed by atoms with Gasteiger partial charge < -0.3 is 9.72 Å². The number of hydrogen-bond acceptors (Lipinski definition) is 6. The molecule has 5 heterocycles. The van der Waals surface area contributed by atoms with E-state index in [-0.39, 0.29) is 6.04 Å². The van der Waals surface area contributed by atoms with Gasteiger partial charge >= 0.3 is 0 Å². The number of aliphatic imine (C=N–C) groups is 1. The molecular weight excluding hydrogens is 412 g/mol. The fourth-order valence-electron chi connectivity index (χ4n) is 4.33. The number of nitrogens with zero attached hydrogens (tertiary/aromatic N) is 5. The van der Waals surface area contributed by atoms with Gasteiger partial charge in [-0.3, -0.25) is 9.89 Å². The molecule has 1 aromatic carbocycles. The van der Waals surface area contributed by atoms with Crippen LogP contribution >= 0.6 is 0 Å². The number of H-pyrrole nitrogens is 1. The van der Waals surface area contributed by atoms with Gasteiger partial charge in [0.1, 0.15) is 17.5 Å². The third-order valence-corrected chi connectivity index (χ3v) is 6.16. The highest BCUT2D eigenvalue weighted by Crippen LogP contribution is 2.20. The Kier molecular flexibility index (Phi) is 5.23. The minimum Gasteiger partial charge on any atom is -0.379 e. The molecule has 0 spiro atoms. The van der Waals surface area contributed by atoms with Crippen molar-refractivity contribution in [3.8, 4) is 11.8 Å². The Morgan fingerprint density at radius 1 is 1.06 bits per heavy atom. The molecule has 0 aliphatic carbocycles. The van der Waals surface area contributed by atoms with Gasteiger partial charge in [0.25, 0.3) is 0 Å². The van der Waals surface area contributed by atoms with Gasteiger partial charge in [-0.1, -0.05) is 36.1 Å². The van der Waals surface area contributed by atoms with Gasteiger partial charge in [-0.15, -0.1) is 0 Å².